The Kier molecular flexibility index (Phi) is 3.70. The summed E-state index contributed by atoms with van der Waals surface area (Å²) in [5, 5.41) is 0. The van der Waals surface area contributed by atoms with E-state index in [9.17, 15) is 19.2 Å². The third kappa shape index (κ3) is 1.97. The van der Waals surface area contributed by atoms with Crippen molar-refractivity contribution in [2.45, 2.75) is 89.9 Å². The number of imide groups is 2. The number of carbonyl (C=O) groups excluding carboxylic acids is 4. The highest BCUT2D eigenvalue weighted by atomic mass is 16.5. The van der Waals surface area contributed by atoms with Crippen LogP contribution in [0, 0.1) is 70.0 Å². The first-order valence-corrected chi connectivity index (χ1v) is 15.3. The maximum absolute atomic E-state index is 13.1. The molecule has 4 heterocycles. The van der Waals surface area contributed by atoms with E-state index in [2.05, 4.69) is 13.8 Å². The van der Waals surface area contributed by atoms with Gasteiger partial charge < -0.3 is 9.47 Å². The minimum Gasteiger partial charge on any atom is -0.354 e. The van der Waals surface area contributed by atoms with E-state index in [1.807, 2.05) is 0 Å². The van der Waals surface area contributed by atoms with Gasteiger partial charge in [0.1, 0.15) is 12.5 Å². The minimum absolute atomic E-state index is 0.0557. The molecule has 8 heteroatoms. The molecule has 6 saturated carbocycles. The number of carbonyl (C=O) groups is 4. The molecule has 4 aliphatic heterocycles. The zero-order valence-corrected chi connectivity index (χ0v) is 22.1. The van der Waals surface area contributed by atoms with Gasteiger partial charge in [0.15, 0.2) is 0 Å². The van der Waals surface area contributed by atoms with Crippen molar-refractivity contribution in [3.8, 4) is 0 Å². The second-order valence-corrected chi connectivity index (χ2v) is 15.0. The van der Waals surface area contributed by atoms with Gasteiger partial charge in [0, 0.05) is 36.5 Å². The number of fused-ring (bicyclic) bond motifs is 4. The summed E-state index contributed by atoms with van der Waals surface area (Å²) in [7, 11) is 0. The molecule has 0 bridgehead atoms. The van der Waals surface area contributed by atoms with Crippen molar-refractivity contribution in [2.24, 2.45) is 70.0 Å². The summed E-state index contributed by atoms with van der Waals surface area (Å²) in [5.74, 6) is 4.27. The molecule has 0 unspecified atom stereocenters. The van der Waals surface area contributed by atoms with Crippen molar-refractivity contribution in [3.05, 3.63) is 0 Å². The molecule has 10 aliphatic rings. The summed E-state index contributed by atoms with van der Waals surface area (Å²) in [6.07, 6.45) is 4.59. The number of rotatable bonds is 2. The van der Waals surface area contributed by atoms with E-state index >= 15 is 0 Å². The molecule has 0 N–H and O–H groups in total. The Bertz CT molecular complexity index is 1120. The molecule has 8 nitrogen and oxygen atoms in total. The van der Waals surface area contributed by atoms with Gasteiger partial charge >= 0.3 is 0 Å². The van der Waals surface area contributed by atoms with Crippen LogP contribution in [0.25, 0.3) is 0 Å². The van der Waals surface area contributed by atoms with Gasteiger partial charge in [0.2, 0.25) is 23.6 Å². The lowest BCUT2D eigenvalue weighted by Crippen LogP contribution is -2.62. The first-order chi connectivity index (χ1) is 18.3. The smallest absolute Gasteiger partial charge is 0.231 e. The van der Waals surface area contributed by atoms with Crippen molar-refractivity contribution < 1.29 is 28.7 Å². The van der Waals surface area contributed by atoms with Crippen molar-refractivity contribution in [1.82, 2.24) is 9.80 Å². The average Bonchev–Trinajstić information content (AvgIpc) is 3.70. The topological polar surface area (TPSA) is 93.2 Å². The van der Waals surface area contributed by atoms with E-state index in [1.54, 1.807) is 9.80 Å². The van der Waals surface area contributed by atoms with Crippen LogP contribution in [0.2, 0.25) is 0 Å². The Balaban J connectivity index is 1.19. The van der Waals surface area contributed by atoms with Crippen molar-refractivity contribution in [1.29, 1.82) is 0 Å². The lowest BCUT2D eigenvalue weighted by molar-refractivity contribution is -0.241. The molecule has 4 amide bonds. The molecule has 0 aromatic rings. The first kappa shape index (κ1) is 22.0. The average molecular weight is 521 g/mol. The van der Waals surface area contributed by atoms with E-state index < -0.39 is 12.5 Å². The molecule has 202 valence electrons. The standard InChI is InChI=1S/C30H36N2O6/c1-29-23-11-3-5-14-20(11)26-21(23)22-24(30(26,2)28(38-14)32-17(35)9-10-18(32)36)12-4-6-13(19(12)25(22)29)37-27(29)31-15(33)7-8-16(31)34/h11-14,19-28H,3-10H2,1-2H3/t11-,12-,13+,14+,19-,20+,21+,22-,23-,24-,25-,26-,27+,28-,29-,30-/m1/s1. The van der Waals surface area contributed by atoms with Crippen LogP contribution in [-0.2, 0) is 28.7 Å². The van der Waals surface area contributed by atoms with E-state index in [1.165, 1.54) is 0 Å². The summed E-state index contributed by atoms with van der Waals surface area (Å²) in [5.41, 5.74) is -0.479. The molecule has 16 atom stereocenters. The van der Waals surface area contributed by atoms with Gasteiger partial charge in [-0.3, -0.25) is 29.0 Å². The van der Waals surface area contributed by atoms with Crippen molar-refractivity contribution in [2.75, 3.05) is 0 Å². The van der Waals surface area contributed by atoms with Crippen LogP contribution in [0.4, 0.5) is 0 Å². The lowest BCUT2D eigenvalue weighted by atomic mass is 9.60. The highest BCUT2D eigenvalue weighted by molar-refractivity contribution is 6.02. The van der Waals surface area contributed by atoms with Crippen LogP contribution >= 0.6 is 0 Å². The van der Waals surface area contributed by atoms with Crippen molar-refractivity contribution >= 4 is 23.6 Å². The zero-order valence-electron chi connectivity index (χ0n) is 22.1. The molecule has 0 spiro atoms. The number of amides is 4. The van der Waals surface area contributed by atoms with E-state index in [4.69, 9.17) is 9.47 Å². The zero-order chi connectivity index (χ0) is 25.6. The maximum Gasteiger partial charge on any atom is 0.231 e. The largest absolute Gasteiger partial charge is 0.354 e. The van der Waals surface area contributed by atoms with E-state index in [0.717, 1.165) is 25.7 Å². The molecule has 6 aliphatic carbocycles. The van der Waals surface area contributed by atoms with Crippen LogP contribution in [0.1, 0.15) is 65.2 Å². The molecule has 0 aromatic carbocycles. The van der Waals surface area contributed by atoms with Gasteiger partial charge in [-0.1, -0.05) is 13.8 Å². The normalized spacial score (nSPS) is 62.3. The molecular weight excluding hydrogens is 484 g/mol. The molecule has 0 aromatic heterocycles. The van der Waals surface area contributed by atoms with Crippen LogP contribution in [0.15, 0.2) is 0 Å². The van der Waals surface area contributed by atoms with Crippen LogP contribution in [-0.4, -0.2) is 58.1 Å². The van der Waals surface area contributed by atoms with Crippen LogP contribution in [0.3, 0.4) is 0 Å². The molecule has 4 saturated heterocycles. The highest BCUT2D eigenvalue weighted by Crippen LogP contribution is 2.88. The van der Waals surface area contributed by atoms with Crippen LogP contribution < -0.4 is 0 Å². The van der Waals surface area contributed by atoms with Crippen LogP contribution in [0.5, 0.6) is 0 Å². The highest BCUT2D eigenvalue weighted by Gasteiger charge is 2.88. The Hall–Kier alpha value is -1.80. The minimum atomic E-state index is -0.451. The Morgan fingerprint density at radius 3 is 1.29 bits per heavy atom. The number of hydrogen-bond donors (Lipinski definition) is 0. The first-order valence-electron chi connectivity index (χ1n) is 15.3. The number of ether oxygens (including phenoxy) is 2. The predicted octanol–water partition coefficient (Wildman–Crippen LogP) is 2.55. The van der Waals surface area contributed by atoms with Crippen molar-refractivity contribution in [3.63, 3.8) is 0 Å². The summed E-state index contributed by atoms with van der Waals surface area (Å²) in [6.45, 7) is 4.79. The van der Waals surface area contributed by atoms with E-state index in [-0.39, 0.29) is 46.7 Å². The third-order valence-corrected chi connectivity index (χ3v) is 14.5. The molecule has 0 radical (unpaired) electrons. The lowest BCUT2D eigenvalue weighted by Gasteiger charge is -2.55. The number of nitrogens with zero attached hydrogens (tertiary/aromatic N) is 2. The molecule has 10 rings (SSSR count). The number of hydrogen-bond acceptors (Lipinski definition) is 6. The number of likely N-dealkylation sites (tertiary alicyclic amines) is 2. The summed E-state index contributed by atoms with van der Waals surface area (Å²) >= 11 is 0. The Morgan fingerprint density at radius 1 is 0.553 bits per heavy atom. The third-order valence-electron chi connectivity index (χ3n) is 14.5. The predicted molar refractivity (Wildman–Crippen MR) is 129 cm³/mol. The van der Waals surface area contributed by atoms with Gasteiger partial charge in [0.05, 0.1) is 12.2 Å². The van der Waals surface area contributed by atoms with Gasteiger partial charge in [-0.2, -0.15) is 0 Å². The fraction of sp³-hybridized carbons (Fsp3) is 0.867. The summed E-state index contributed by atoms with van der Waals surface area (Å²) in [4.78, 5) is 55.7. The fourth-order valence-corrected chi connectivity index (χ4v) is 14.2. The molecule has 10 fully saturated rings. The Labute approximate surface area is 222 Å². The summed E-state index contributed by atoms with van der Waals surface area (Å²) < 4.78 is 14.0. The SMILES string of the molecule is C[C@@]12[C@H]3[C@@H]4[C@@H]5[C@H]6[C@H]7[C@@H](CC[C@@H]7O[C@@H](N7C(=O)CCC7=O)[C@]6(C)[C@@H]4[C@@H]4CC[C@H](O[C@@H]1N1C(=O)CCC1=O)[C@@H]43)[C@H]52. The summed E-state index contributed by atoms with van der Waals surface area (Å²) in [6, 6.07) is 0. The molecular formula is C30H36N2O6. The second kappa shape index (κ2) is 6.40. The fourth-order valence-electron chi connectivity index (χ4n) is 14.2. The van der Waals surface area contributed by atoms with E-state index in [0.29, 0.717) is 84.9 Å². The maximum atomic E-state index is 13.1. The quantitative estimate of drug-likeness (QED) is 0.520. The van der Waals surface area contributed by atoms with Gasteiger partial charge in [-0.05, 0) is 84.9 Å². The van der Waals surface area contributed by atoms with Gasteiger partial charge in [-0.25, -0.2) is 0 Å². The van der Waals surface area contributed by atoms with Gasteiger partial charge in [0.25, 0.3) is 0 Å². The monoisotopic (exact) mass is 520 g/mol. The molecule has 38 heavy (non-hydrogen) atoms. The second-order valence-electron chi connectivity index (χ2n) is 15.0. The Morgan fingerprint density at radius 2 is 0.921 bits per heavy atom. The van der Waals surface area contributed by atoms with Gasteiger partial charge in [-0.15, -0.1) is 0 Å².